The topological polar surface area (TPSA) is 74.4 Å². The van der Waals surface area contributed by atoms with E-state index in [0.29, 0.717) is 19.8 Å². The Labute approximate surface area is 100 Å². The molecular formula is C11H18N4O2. The van der Waals surface area contributed by atoms with Gasteiger partial charge in [-0.1, -0.05) is 11.3 Å². The van der Waals surface area contributed by atoms with Crippen LogP contribution < -0.4 is 0 Å². The molecule has 1 aromatic rings. The summed E-state index contributed by atoms with van der Waals surface area (Å²) in [7, 11) is 0. The molecule has 0 bridgehead atoms. The molecule has 0 radical (unpaired) electrons. The summed E-state index contributed by atoms with van der Waals surface area (Å²) in [5.41, 5.74) is 2.07. The quantitative estimate of drug-likeness (QED) is 0.697. The highest BCUT2D eigenvalue weighted by Crippen LogP contribution is 2.16. The van der Waals surface area contributed by atoms with Crippen molar-refractivity contribution in [2.45, 2.75) is 19.5 Å². The van der Waals surface area contributed by atoms with E-state index in [4.69, 9.17) is 10.2 Å². The second-order valence-electron chi connectivity index (χ2n) is 4.07. The molecule has 0 saturated carbocycles. The maximum absolute atomic E-state index is 8.95. The minimum absolute atomic E-state index is 0.0801. The van der Waals surface area contributed by atoms with Gasteiger partial charge in [-0.3, -0.25) is 4.90 Å². The van der Waals surface area contributed by atoms with E-state index in [1.807, 2.05) is 15.7 Å². The van der Waals surface area contributed by atoms with Gasteiger partial charge in [0.25, 0.3) is 0 Å². The molecule has 0 aliphatic heterocycles. The van der Waals surface area contributed by atoms with Crippen molar-refractivity contribution < 1.29 is 10.2 Å². The number of fused-ring (bicyclic) bond motifs is 1. The molecule has 0 fully saturated rings. The zero-order chi connectivity index (χ0) is 12.1. The van der Waals surface area contributed by atoms with Crippen molar-refractivity contribution in [3.63, 3.8) is 0 Å². The number of rotatable bonds is 6. The van der Waals surface area contributed by atoms with Crippen LogP contribution in [0.2, 0.25) is 0 Å². The average Bonchev–Trinajstić information content (AvgIpc) is 2.74. The first kappa shape index (κ1) is 12.2. The lowest BCUT2D eigenvalue weighted by Crippen LogP contribution is -2.33. The third-order valence-corrected chi connectivity index (χ3v) is 2.86. The molecule has 0 unspecified atom stereocenters. The van der Waals surface area contributed by atoms with Crippen molar-refractivity contribution in [1.82, 2.24) is 19.9 Å². The Balaban J connectivity index is 2.06. The van der Waals surface area contributed by atoms with Crippen molar-refractivity contribution in [1.29, 1.82) is 0 Å². The molecule has 1 aromatic heterocycles. The monoisotopic (exact) mass is 238 g/mol. The maximum Gasteiger partial charge on any atom is 0.108 e. The third kappa shape index (κ3) is 2.91. The second kappa shape index (κ2) is 5.90. The number of aliphatic hydroxyl groups excluding tert-OH is 2. The van der Waals surface area contributed by atoms with Crippen LogP contribution in [0.3, 0.4) is 0 Å². The smallest absolute Gasteiger partial charge is 0.108 e. The van der Waals surface area contributed by atoms with Gasteiger partial charge < -0.3 is 10.2 Å². The molecule has 0 amide bonds. The predicted octanol–water partition coefficient (Wildman–Crippen LogP) is -0.518. The molecular weight excluding hydrogens is 220 g/mol. The highest BCUT2D eigenvalue weighted by molar-refractivity contribution is 5.49. The number of nitrogens with zero attached hydrogens (tertiary/aromatic N) is 4. The summed E-state index contributed by atoms with van der Waals surface area (Å²) in [6.07, 6.45) is 6.05. The molecule has 94 valence electrons. The zero-order valence-electron chi connectivity index (χ0n) is 9.79. The molecule has 1 heterocycles. The van der Waals surface area contributed by atoms with E-state index in [2.05, 4.69) is 16.4 Å². The Morgan fingerprint density at radius 3 is 2.76 bits per heavy atom. The average molecular weight is 238 g/mol. The fourth-order valence-corrected chi connectivity index (χ4v) is 1.99. The number of hydrogen-bond acceptors (Lipinski definition) is 5. The van der Waals surface area contributed by atoms with Gasteiger partial charge in [-0.05, 0) is 18.9 Å². The third-order valence-electron chi connectivity index (χ3n) is 2.86. The van der Waals surface area contributed by atoms with Gasteiger partial charge in [-0.25, -0.2) is 4.68 Å². The van der Waals surface area contributed by atoms with Gasteiger partial charge >= 0.3 is 0 Å². The highest BCUT2D eigenvalue weighted by Gasteiger charge is 2.15. The molecule has 0 saturated heterocycles. The summed E-state index contributed by atoms with van der Waals surface area (Å²) in [6, 6.07) is 0. The van der Waals surface area contributed by atoms with Gasteiger partial charge in [0.05, 0.1) is 25.6 Å². The number of hydrogen-bond donors (Lipinski definition) is 2. The second-order valence-corrected chi connectivity index (χ2v) is 4.07. The Bertz CT molecular complexity index is 383. The van der Waals surface area contributed by atoms with E-state index in [1.165, 1.54) is 0 Å². The minimum Gasteiger partial charge on any atom is -0.395 e. The number of aliphatic hydroxyl groups is 2. The molecule has 1 aliphatic carbocycles. The van der Waals surface area contributed by atoms with Crippen molar-refractivity contribution in [3.8, 4) is 0 Å². The normalized spacial score (nSPS) is 14.3. The summed E-state index contributed by atoms with van der Waals surface area (Å²) >= 11 is 0. The fraction of sp³-hybridized carbons (Fsp3) is 0.636. The van der Waals surface area contributed by atoms with E-state index >= 15 is 0 Å². The lowest BCUT2D eigenvalue weighted by molar-refractivity contribution is 0.127. The number of aromatic nitrogens is 3. The van der Waals surface area contributed by atoms with Crippen molar-refractivity contribution in [2.24, 2.45) is 0 Å². The van der Waals surface area contributed by atoms with E-state index in [1.54, 1.807) is 0 Å². The van der Waals surface area contributed by atoms with Crippen LogP contribution in [0.1, 0.15) is 17.8 Å². The summed E-state index contributed by atoms with van der Waals surface area (Å²) in [4.78, 5) is 1.95. The summed E-state index contributed by atoms with van der Waals surface area (Å²) < 4.78 is 1.85. The molecule has 0 spiro atoms. The molecule has 0 aromatic carbocycles. The van der Waals surface area contributed by atoms with Crippen molar-refractivity contribution in [2.75, 3.05) is 26.3 Å². The van der Waals surface area contributed by atoms with Crippen molar-refractivity contribution in [3.05, 3.63) is 17.5 Å². The van der Waals surface area contributed by atoms with Crippen LogP contribution >= 0.6 is 0 Å². The van der Waals surface area contributed by atoms with E-state index < -0.39 is 0 Å². The van der Waals surface area contributed by atoms with Crippen LogP contribution in [0.15, 0.2) is 6.08 Å². The Kier molecular flexibility index (Phi) is 4.24. The van der Waals surface area contributed by atoms with Gasteiger partial charge in [0, 0.05) is 13.1 Å². The summed E-state index contributed by atoms with van der Waals surface area (Å²) in [6.45, 7) is 1.79. The number of allylic oxidation sites excluding steroid dienone is 1. The first-order valence-electron chi connectivity index (χ1n) is 5.88. The van der Waals surface area contributed by atoms with Gasteiger partial charge in [-0.2, -0.15) is 0 Å². The van der Waals surface area contributed by atoms with Crippen LogP contribution in [0, 0.1) is 0 Å². The Morgan fingerprint density at radius 1 is 1.29 bits per heavy atom. The first-order chi connectivity index (χ1) is 8.35. The zero-order valence-corrected chi connectivity index (χ0v) is 9.79. The lowest BCUT2D eigenvalue weighted by Gasteiger charge is -2.21. The van der Waals surface area contributed by atoms with Crippen LogP contribution in [0.4, 0.5) is 0 Å². The summed E-state index contributed by atoms with van der Waals surface area (Å²) in [5.74, 6) is 0. The van der Waals surface area contributed by atoms with Crippen LogP contribution in [-0.4, -0.2) is 56.4 Å². The van der Waals surface area contributed by atoms with Gasteiger partial charge in [0.1, 0.15) is 5.69 Å². The van der Waals surface area contributed by atoms with E-state index in [0.717, 1.165) is 24.2 Å². The molecule has 2 rings (SSSR count). The molecule has 6 nitrogen and oxygen atoms in total. The maximum atomic E-state index is 8.95. The fourth-order valence-electron chi connectivity index (χ4n) is 1.99. The van der Waals surface area contributed by atoms with E-state index in [9.17, 15) is 0 Å². The largest absolute Gasteiger partial charge is 0.395 e. The van der Waals surface area contributed by atoms with E-state index in [-0.39, 0.29) is 13.2 Å². The van der Waals surface area contributed by atoms with Crippen LogP contribution in [-0.2, 0) is 13.1 Å². The SMILES string of the molecule is OCCN(CCO)Cn1nnc2c1CCC=C2. The molecule has 17 heavy (non-hydrogen) atoms. The van der Waals surface area contributed by atoms with Crippen LogP contribution in [0.25, 0.3) is 6.08 Å². The van der Waals surface area contributed by atoms with Crippen molar-refractivity contribution >= 4 is 6.08 Å². The van der Waals surface area contributed by atoms with Gasteiger partial charge in [-0.15, -0.1) is 5.10 Å². The molecule has 1 aliphatic rings. The highest BCUT2D eigenvalue weighted by atomic mass is 16.3. The summed E-state index contributed by atoms with van der Waals surface area (Å²) in [5, 5.41) is 26.1. The first-order valence-corrected chi connectivity index (χ1v) is 5.88. The predicted molar refractivity (Wildman–Crippen MR) is 63.1 cm³/mol. The molecule has 6 heteroatoms. The molecule has 0 atom stereocenters. The Morgan fingerprint density at radius 2 is 2.06 bits per heavy atom. The minimum atomic E-state index is 0.0801. The van der Waals surface area contributed by atoms with Gasteiger partial charge in [0.2, 0.25) is 0 Å². The lowest BCUT2D eigenvalue weighted by atomic mass is 10.1. The van der Waals surface area contributed by atoms with Crippen LogP contribution in [0.5, 0.6) is 0 Å². The molecule has 2 N–H and O–H groups in total. The van der Waals surface area contributed by atoms with Gasteiger partial charge in [0.15, 0.2) is 0 Å². The Hall–Kier alpha value is -1.24. The standard InChI is InChI=1S/C11H18N4O2/c16-7-5-14(6-8-17)9-15-11-4-2-1-3-10(11)12-13-15/h1,3,16-17H,2,4-9H2.